The van der Waals surface area contributed by atoms with Crippen molar-refractivity contribution in [3.8, 4) is 0 Å². The summed E-state index contributed by atoms with van der Waals surface area (Å²) in [6.07, 6.45) is 3.09. The summed E-state index contributed by atoms with van der Waals surface area (Å²) in [6.45, 7) is 8.86. The molecule has 0 spiro atoms. The molecule has 0 aromatic heterocycles. The Morgan fingerprint density at radius 2 is 2.58 bits per heavy atom. The highest BCUT2D eigenvalue weighted by Gasteiger charge is 2.19. The zero-order valence-corrected chi connectivity index (χ0v) is 8.36. The summed E-state index contributed by atoms with van der Waals surface area (Å²) in [5, 5.41) is 4.01. The fraction of sp³-hybridized carbons (Fsp3) is 0.667. The first-order valence-corrected chi connectivity index (χ1v) is 4.78. The van der Waals surface area contributed by atoms with E-state index in [9.17, 15) is 0 Å². The van der Waals surface area contributed by atoms with Crippen LogP contribution in [-0.2, 0) is 0 Å². The van der Waals surface area contributed by atoms with E-state index >= 15 is 0 Å². The summed E-state index contributed by atoms with van der Waals surface area (Å²) < 4.78 is 0. The minimum atomic E-state index is 0.768. The molecule has 1 fully saturated rings. The molecule has 0 aromatic carbocycles. The van der Waals surface area contributed by atoms with Crippen molar-refractivity contribution in [1.29, 1.82) is 0 Å². The Kier molecular flexibility index (Phi) is 3.53. The van der Waals surface area contributed by atoms with E-state index in [1.165, 1.54) is 6.42 Å². The first kappa shape index (κ1) is 9.52. The maximum Gasteiger partial charge on any atom is 0.169 e. The van der Waals surface area contributed by atoms with E-state index in [2.05, 4.69) is 23.7 Å². The lowest BCUT2D eigenvalue weighted by Gasteiger charge is -2.19. The predicted octanol–water partition coefficient (Wildman–Crippen LogP) is 1.39. The zero-order chi connectivity index (χ0) is 8.97. The van der Waals surface area contributed by atoms with Crippen LogP contribution in [0.3, 0.4) is 0 Å². The van der Waals surface area contributed by atoms with Crippen LogP contribution in [0.2, 0.25) is 0 Å². The highest BCUT2D eigenvalue weighted by Crippen LogP contribution is 2.14. The molecule has 1 N–H and O–H groups in total. The van der Waals surface area contributed by atoms with Crippen molar-refractivity contribution in [3.05, 3.63) is 12.7 Å². The molecule has 0 bridgehead atoms. The largest absolute Gasteiger partial charge is 0.359 e. The molecule has 0 aliphatic carbocycles. The van der Waals surface area contributed by atoms with Crippen LogP contribution in [0.5, 0.6) is 0 Å². The standard InChI is InChI=1S/C9H16N2S/c1-3-5-10-9(12)11-6-4-8(2)7-11/h3,8H,1,4-7H2,2H3,(H,10,12). The molecule has 0 radical (unpaired) electrons. The normalized spacial score (nSPS) is 22.4. The maximum absolute atomic E-state index is 5.20. The number of hydrogen-bond acceptors (Lipinski definition) is 1. The number of hydrogen-bond donors (Lipinski definition) is 1. The van der Waals surface area contributed by atoms with Gasteiger partial charge in [0, 0.05) is 19.6 Å². The lowest BCUT2D eigenvalue weighted by atomic mass is 10.2. The van der Waals surface area contributed by atoms with Gasteiger partial charge in [0.1, 0.15) is 0 Å². The number of thiocarbonyl (C=S) groups is 1. The third kappa shape index (κ3) is 2.48. The summed E-state index contributed by atoms with van der Waals surface area (Å²) in [5.41, 5.74) is 0. The van der Waals surface area contributed by atoms with Gasteiger partial charge in [-0.05, 0) is 24.6 Å². The zero-order valence-electron chi connectivity index (χ0n) is 7.55. The molecule has 0 amide bonds. The first-order valence-electron chi connectivity index (χ1n) is 4.37. The van der Waals surface area contributed by atoms with Crippen molar-refractivity contribution in [2.24, 2.45) is 5.92 Å². The summed E-state index contributed by atoms with van der Waals surface area (Å²) in [7, 11) is 0. The van der Waals surface area contributed by atoms with Gasteiger partial charge in [0.05, 0.1) is 0 Å². The fourth-order valence-corrected chi connectivity index (χ4v) is 1.64. The summed E-state index contributed by atoms with van der Waals surface area (Å²) >= 11 is 5.20. The van der Waals surface area contributed by atoms with Crippen LogP contribution in [0.4, 0.5) is 0 Å². The van der Waals surface area contributed by atoms with E-state index in [0.29, 0.717) is 0 Å². The van der Waals surface area contributed by atoms with E-state index in [4.69, 9.17) is 12.2 Å². The molecule has 68 valence electrons. The summed E-state index contributed by atoms with van der Waals surface area (Å²) in [5.74, 6) is 0.786. The monoisotopic (exact) mass is 184 g/mol. The third-order valence-electron chi connectivity index (χ3n) is 2.11. The first-order chi connectivity index (χ1) is 5.74. The molecule has 1 aliphatic rings. The van der Waals surface area contributed by atoms with E-state index in [0.717, 1.165) is 30.7 Å². The van der Waals surface area contributed by atoms with E-state index < -0.39 is 0 Å². The quantitative estimate of drug-likeness (QED) is 0.516. The molecule has 1 aliphatic heterocycles. The number of nitrogens with zero attached hydrogens (tertiary/aromatic N) is 1. The average Bonchev–Trinajstić information content (AvgIpc) is 2.47. The van der Waals surface area contributed by atoms with E-state index in [-0.39, 0.29) is 0 Å². The van der Waals surface area contributed by atoms with Gasteiger partial charge in [-0.2, -0.15) is 0 Å². The highest BCUT2D eigenvalue weighted by molar-refractivity contribution is 7.80. The van der Waals surface area contributed by atoms with Crippen molar-refractivity contribution in [3.63, 3.8) is 0 Å². The average molecular weight is 184 g/mol. The van der Waals surface area contributed by atoms with Crippen LogP contribution < -0.4 is 5.32 Å². The highest BCUT2D eigenvalue weighted by atomic mass is 32.1. The Hall–Kier alpha value is -0.570. The molecule has 2 nitrogen and oxygen atoms in total. The molecular weight excluding hydrogens is 168 g/mol. The van der Waals surface area contributed by atoms with Gasteiger partial charge >= 0.3 is 0 Å². The Morgan fingerprint density at radius 1 is 1.83 bits per heavy atom. The lowest BCUT2D eigenvalue weighted by Crippen LogP contribution is -2.38. The van der Waals surface area contributed by atoms with Crippen LogP contribution in [0.25, 0.3) is 0 Å². The number of nitrogens with one attached hydrogen (secondary N) is 1. The van der Waals surface area contributed by atoms with Gasteiger partial charge in [-0.25, -0.2) is 0 Å². The third-order valence-corrected chi connectivity index (χ3v) is 2.51. The smallest absolute Gasteiger partial charge is 0.169 e. The number of likely N-dealkylation sites (tertiary alicyclic amines) is 1. The molecule has 1 atom stereocenters. The molecule has 0 aromatic rings. The molecule has 1 heterocycles. The molecule has 1 unspecified atom stereocenters. The Labute approximate surface area is 79.6 Å². The second kappa shape index (κ2) is 4.45. The van der Waals surface area contributed by atoms with Gasteiger partial charge in [0.15, 0.2) is 5.11 Å². The second-order valence-electron chi connectivity index (χ2n) is 3.31. The lowest BCUT2D eigenvalue weighted by molar-refractivity contribution is 0.487. The van der Waals surface area contributed by atoms with E-state index in [1.54, 1.807) is 0 Å². The van der Waals surface area contributed by atoms with Crippen molar-refractivity contribution in [1.82, 2.24) is 10.2 Å². The molecule has 1 saturated heterocycles. The van der Waals surface area contributed by atoms with Crippen molar-refractivity contribution in [2.75, 3.05) is 19.6 Å². The van der Waals surface area contributed by atoms with E-state index in [1.807, 2.05) is 6.08 Å². The van der Waals surface area contributed by atoms with Crippen LogP contribution in [-0.4, -0.2) is 29.6 Å². The van der Waals surface area contributed by atoms with Crippen LogP contribution in [0, 0.1) is 5.92 Å². The molecule has 12 heavy (non-hydrogen) atoms. The molecule has 3 heteroatoms. The second-order valence-corrected chi connectivity index (χ2v) is 3.70. The van der Waals surface area contributed by atoms with Crippen LogP contribution in [0.1, 0.15) is 13.3 Å². The Bertz CT molecular complexity index is 179. The van der Waals surface area contributed by atoms with Gasteiger partial charge in [0.25, 0.3) is 0 Å². The molecule has 1 rings (SSSR count). The van der Waals surface area contributed by atoms with Gasteiger partial charge in [-0.1, -0.05) is 13.0 Å². The van der Waals surface area contributed by atoms with Crippen LogP contribution >= 0.6 is 12.2 Å². The summed E-state index contributed by atoms with van der Waals surface area (Å²) in [4.78, 5) is 2.23. The van der Waals surface area contributed by atoms with Gasteiger partial charge in [0.2, 0.25) is 0 Å². The SMILES string of the molecule is C=CCNC(=S)N1CCC(C)C1. The predicted molar refractivity (Wildman–Crippen MR) is 56.2 cm³/mol. The minimum absolute atomic E-state index is 0.768. The fourth-order valence-electron chi connectivity index (χ4n) is 1.39. The van der Waals surface area contributed by atoms with Gasteiger partial charge in [-0.15, -0.1) is 6.58 Å². The van der Waals surface area contributed by atoms with Crippen molar-refractivity contribution < 1.29 is 0 Å². The maximum atomic E-state index is 5.20. The van der Waals surface area contributed by atoms with Gasteiger partial charge < -0.3 is 10.2 Å². The van der Waals surface area contributed by atoms with Crippen LogP contribution in [0.15, 0.2) is 12.7 Å². The minimum Gasteiger partial charge on any atom is -0.359 e. The number of rotatable bonds is 2. The van der Waals surface area contributed by atoms with Gasteiger partial charge in [-0.3, -0.25) is 0 Å². The topological polar surface area (TPSA) is 15.3 Å². The summed E-state index contributed by atoms with van der Waals surface area (Å²) in [6, 6.07) is 0. The van der Waals surface area contributed by atoms with Crippen molar-refractivity contribution >= 4 is 17.3 Å². The Morgan fingerprint density at radius 3 is 3.08 bits per heavy atom. The van der Waals surface area contributed by atoms with Crippen molar-refractivity contribution in [2.45, 2.75) is 13.3 Å². The molecular formula is C9H16N2S. The Balaban J connectivity index is 2.28. The molecule has 0 saturated carbocycles.